The van der Waals surface area contributed by atoms with Crippen molar-refractivity contribution in [1.29, 1.82) is 0 Å². The minimum Gasteiger partial charge on any atom is -0.355 e. The largest absolute Gasteiger partial charge is 0.355 e. The standard InChI is InChI=1S/C26H25FN4OS2/c1-19-7-9-20(10-8-19)17-33-16-15-28-24(32)18-34-26-30-29-25(21-5-3-2-4-6-21)31(26)23-13-11-22(27)12-14-23/h2-14H,15-18H2,1H3,(H,28,32). The summed E-state index contributed by atoms with van der Waals surface area (Å²) in [5.74, 6) is 2.25. The summed E-state index contributed by atoms with van der Waals surface area (Å²) in [6.07, 6.45) is 0. The third-order valence-corrected chi connectivity index (χ3v) is 7.00. The quantitative estimate of drug-likeness (QED) is 0.233. The Balaban J connectivity index is 1.34. The van der Waals surface area contributed by atoms with Crippen LogP contribution in [0.2, 0.25) is 0 Å². The maximum Gasteiger partial charge on any atom is 0.230 e. The van der Waals surface area contributed by atoms with Crippen LogP contribution in [-0.2, 0) is 10.5 Å². The molecule has 0 spiro atoms. The molecule has 0 radical (unpaired) electrons. The van der Waals surface area contributed by atoms with Crippen LogP contribution in [0.5, 0.6) is 0 Å². The molecular weight excluding hydrogens is 467 g/mol. The Morgan fingerprint density at radius 2 is 1.71 bits per heavy atom. The van der Waals surface area contributed by atoms with Gasteiger partial charge < -0.3 is 5.32 Å². The lowest BCUT2D eigenvalue weighted by Gasteiger charge is -2.10. The molecule has 0 aliphatic carbocycles. The Labute approximate surface area is 207 Å². The lowest BCUT2D eigenvalue weighted by molar-refractivity contribution is -0.118. The van der Waals surface area contributed by atoms with Crippen molar-refractivity contribution in [2.45, 2.75) is 17.8 Å². The SMILES string of the molecule is Cc1ccc(CSCCNC(=O)CSc2nnc(-c3ccccc3)n2-c2ccc(F)cc2)cc1. The molecule has 1 N–H and O–H groups in total. The average Bonchev–Trinajstić information content (AvgIpc) is 3.29. The second kappa shape index (κ2) is 11.9. The number of benzene rings is 3. The number of halogens is 1. The van der Waals surface area contributed by atoms with Gasteiger partial charge >= 0.3 is 0 Å². The molecule has 174 valence electrons. The van der Waals surface area contributed by atoms with Crippen LogP contribution < -0.4 is 5.32 Å². The number of amides is 1. The van der Waals surface area contributed by atoms with Gasteiger partial charge in [0.15, 0.2) is 11.0 Å². The van der Waals surface area contributed by atoms with Crippen LogP contribution in [0.15, 0.2) is 84.0 Å². The van der Waals surface area contributed by atoms with Crippen LogP contribution in [0.25, 0.3) is 17.1 Å². The number of rotatable bonds is 10. The number of carbonyl (C=O) groups excluding carboxylic acids is 1. The number of aryl methyl sites for hydroxylation is 1. The van der Waals surface area contributed by atoms with Gasteiger partial charge in [-0.25, -0.2) is 4.39 Å². The van der Waals surface area contributed by atoms with Gasteiger partial charge in [-0.15, -0.1) is 10.2 Å². The van der Waals surface area contributed by atoms with Crippen molar-refractivity contribution in [2.24, 2.45) is 0 Å². The molecule has 8 heteroatoms. The first-order chi connectivity index (χ1) is 16.6. The van der Waals surface area contributed by atoms with Crippen LogP contribution in [0.1, 0.15) is 11.1 Å². The maximum absolute atomic E-state index is 13.5. The molecule has 1 amide bonds. The van der Waals surface area contributed by atoms with Crippen LogP contribution in [0.3, 0.4) is 0 Å². The molecule has 4 rings (SSSR count). The van der Waals surface area contributed by atoms with E-state index in [0.29, 0.717) is 17.5 Å². The first-order valence-electron chi connectivity index (χ1n) is 10.9. The van der Waals surface area contributed by atoms with E-state index >= 15 is 0 Å². The van der Waals surface area contributed by atoms with Crippen molar-refractivity contribution >= 4 is 29.4 Å². The predicted octanol–water partition coefficient (Wildman–Crippen LogP) is 5.52. The Hall–Kier alpha value is -3.10. The Bertz CT molecular complexity index is 1210. The fourth-order valence-corrected chi connectivity index (χ4v) is 4.88. The topological polar surface area (TPSA) is 59.8 Å². The molecule has 0 atom stereocenters. The minimum absolute atomic E-state index is 0.0594. The molecule has 5 nitrogen and oxygen atoms in total. The third-order valence-electron chi connectivity index (χ3n) is 5.04. The van der Waals surface area contributed by atoms with E-state index in [2.05, 4.69) is 46.7 Å². The normalized spacial score (nSPS) is 10.9. The van der Waals surface area contributed by atoms with Gasteiger partial charge in [-0.2, -0.15) is 11.8 Å². The van der Waals surface area contributed by atoms with Crippen molar-refractivity contribution in [3.63, 3.8) is 0 Å². The molecule has 4 aromatic rings. The molecule has 34 heavy (non-hydrogen) atoms. The summed E-state index contributed by atoms with van der Waals surface area (Å²) in [5, 5.41) is 12.2. The van der Waals surface area contributed by atoms with Gasteiger partial charge in [0.05, 0.1) is 5.75 Å². The van der Waals surface area contributed by atoms with Crippen LogP contribution in [-0.4, -0.2) is 38.7 Å². The lowest BCUT2D eigenvalue weighted by atomic mass is 10.2. The minimum atomic E-state index is -0.313. The van der Waals surface area contributed by atoms with Crippen molar-refractivity contribution in [2.75, 3.05) is 18.1 Å². The predicted molar refractivity (Wildman–Crippen MR) is 138 cm³/mol. The number of hydrogen-bond donors (Lipinski definition) is 1. The van der Waals surface area contributed by atoms with Crippen molar-refractivity contribution < 1.29 is 9.18 Å². The molecule has 0 fully saturated rings. The highest BCUT2D eigenvalue weighted by Gasteiger charge is 2.17. The first kappa shape index (κ1) is 24.0. The van der Waals surface area contributed by atoms with E-state index < -0.39 is 0 Å². The summed E-state index contributed by atoms with van der Waals surface area (Å²) in [5.41, 5.74) is 4.17. The Morgan fingerprint density at radius 1 is 0.971 bits per heavy atom. The van der Waals surface area contributed by atoms with E-state index in [0.717, 1.165) is 22.8 Å². The number of aromatic nitrogens is 3. The number of carbonyl (C=O) groups is 1. The summed E-state index contributed by atoms with van der Waals surface area (Å²) >= 11 is 3.10. The Kier molecular flexibility index (Phi) is 8.38. The summed E-state index contributed by atoms with van der Waals surface area (Å²) < 4.78 is 15.3. The maximum atomic E-state index is 13.5. The fraction of sp³-hybridized carbons (Fsp3) is 0.192. The monoisotopic (exact) mass is 492 g/mol. The number of hydrogen-bond acceptors (Lipinski definition) is 5. The molecule has 0 aliphatic heterocycles. The smallest absolute Gasteiger partial charge is 0.230 e. The highest BCUT2D eigenvalue weighted by Crippen LogP contribution is 2.28. The van der Waals surface area contributed by atoms with Crippen LogP contribution in [0, 0.1) is 12.7 Å². The van der Waals surface area contributed by atoms with Crippen LogP contribution >= 0.6 is 23.5 Å². The highest BCUT2D eigenvalue weighted by atomic mass is 32.2. The molecule has 0 saturated heterocycles. The molecule has 0 saturated carbocycles. The molecule has 0 aliphatic rings. The van der Waals surface area contributed by atoms with Gasteiger partial charge in [0, 0.05) is 29.3 Å². The van der Waals surface area contributed by atoms with E-state index in [1.165, 1.54) is 35.0 Å². The Morgan fingerprint density at radius 3 is 2.44 bits per heavy atom. The average molecular weight is 493 g/mol. The lowest BCUT2D eigenvalue weighted by Crippen LogP contribution is -2.27. The number of nitrogens with one attached hydrogen (secondary N) is 1. The zero-order valence-electron chi connectivity index (χ0n) is 18.8. The molecule has 3 aromatic carbocycles. The van der Waals surface area contributed by atoms with Gasteiger partial charge in [-0.05, 0) is 36.8 Å². The second-order valence-corrected chi connectivity index (χ2v) is 9.71. The molecule has 1 aromatic heterocycles. The van der Waals surface area contributed by atoms with E-state index in [9.17, 15) is 9.18 Å². The summed E-state index contributed by atoms with van der Waals surface area (Å²) in [7, 11) is 0. The molecular formula is C26H25FN4OS2. The zero-order chi connectivity index (χ0) is 23.8. The summed E-state index contributed by atoms with van der Waals surface area (Å²) in [4.78, 5) is 12.4. The van der Waals surface area contributed by atoms with Crippen LogP contribution in [0.4, 0.5) is 4.39 Å². The van der Waals surface area contributed by atoms with Gasteiger partial charge in [0.25, 0.3) is 0 Å². The fourth-order valence-electron chi connectivity index (χ4n) is 3.28. The van der Waals surface area contributed by atoms with Gasteiger partial charge in [-0.3, -0.25) is 9.36 Å². The summed E-state index contributed by atoms with van der Waals surface area (Å²) in [6, 6.07) is 24.3. The van der Waals surface area contributed by atoms with Gasteiger partial charge in [0.2, 0.25) is 5.91 Å². The summed E-state index contributed by atoms with van der Waals surface area (Å²) in [6.45, 7) is 2.69. The van der Waals surface area contributed by atoms with Gasteiger partial charge in [-0.1, -0.05) is 71.9 Å². The van der Waals surface area contributed by atoms with E-state index in [1.807, 2.05) is 34.9 Å². The van der Waals surface area contributed by atoms with Crippen molar-refractivity contribution in [1.82, 2.24) is 20.1 Å². The second-order valence-electron chi connectivity index (χ2n) is 7.66. The van der Waals surface area contributed by atoms with E-state index in [-0.39, 0.29) is 17.5 Å². The number of nitrogens with zero attached hydrogens (tertiary/aromatic N) is 3. The first-order valence-corrected chi connectivity index (χ1v) is 13.0. The number of thioether (sulfide) groups is 2. The molecule has 0 unspecified atom stereocenters. The van der Waals surface area contributed by atoms with E-state index in [1.54, 1.807) is 23.9 Å². The highest BCUT2D eigenvalue weighted by molar-refractivity contribution is 7.99. The van der Waals surface area contributed by atoms with Gasteiger partial charge in [0.1, 0.15) is 5.82 Å². The molecule has 1 heterocycles. The zero-order valence-corrected chi connectivity index (χ0v) is 20.4. The van der Waals surface area contributed by atoms with Crippen molar-refractivity contribution in [3.05, 3.63) is 95.8 Å². The van der Waals surface area contributed by atoms with Crippen molar-refractivity contribution in [3.8, 4) is 17.1 Å². The molecule has 0 bridgehead atoms. The van der Waals surface area contributed by atoms with E-state index in [4.69, 9.17) is 0 Å². The third kappa shape index (κ3) is 6.48.